The predicted octanol–water partition coefficient (Wildman–Crippen LogP) is 5.02. The van der Waals surface area contributed by atoms with Gasteiger partial charge in [-0.15, -0.1) is 0 Å². The van der Waals surface area contributed by atoms with Crippen molar-refractivity contribution in [3.8, 4) is 11.3 Å². The van der Waals surface area contributed by atoms with Gasteiger partial charge in [0.05, 0.1) is 22.8 Å². The van der Waals surface area contributed by atoms with Crippen molar-refractivity contribution >= 4 is 33.2 Å². The molecule has 0 saturated carbocycles. The van der Waals surface area contributed by atoms with Gasteiger partial charge >= 0.3 is 0 Å². The predicted molar refractivity (Wildman–Crippen MR) is 129 cm³/mol. The molecule has 1 amide bonds. The van der Waals surface area contributed by atoms with Crippen molar-refractivity contribution in [2.75, 3.05) is 4.72 Å². The fourth-order valence-corrected chi connectivity index (χ4v) is 4.37. The van der Waals surface area contributed by atoms with Crippen molar-refractivity contribution in [1.29, 1.82) is 0 Å². The molecule has 3 aromatic carbocycles. The Morgan fingerprint density at radius 2 is 1.64 bits per heavy atom. The third-order valence-electron chi connectivity index (χ3n) is 4.96. The lowest BCUT2D eigenvalue weighted by Crippen LogP contribution is -2.27. The summed E-state index contributed by atoms with van der Waals surface area (Å²) < 4.78 is 27.7. The molecule has 1 unspecified atom stereocenters. The van der Waals surface area contributed by atoms with Gasteiger partial charge in [0, 0.05) is 16.3 Å². The molecule has 1 heterocycles. The van der Waals surface area contributed by atoms with Crippen LogP contribution in [0.15, 0.2) is 90.0 Å². The Bertz CT molecular complexity index is 1350. The van der Waals surface area contributed by atoms with Crippen LogP contribution in [0.25, 0.3) is 11.3 Å². The van der Waals surface area contributed by atoms with Gasteiger partial charge in [-0.2, -0.15) is 0 Å². The first-order valence-electron chi connectivity index (χ1n) is 10.1. The van der Waals surface area contributed by atoms with Gasteiger partial charge in [0.25, 0.3) is 15.9 Å². The van der Waals surface area contributed by atoms with Crippen molar-refractivity contribution in [2.24, 2.45) is 0 Å². The zero-order valence-electron chi connectivity index (χ0n) is 17.6. The second kappa shape index (κ2) is 9.48. The second-order valence-corrected chi connectivity index (χ2v) is 9.50. The summed E-state index contributed by atoms with van der Waals surface area (Å²) in [5, 5.41) is 3.38. The third kappa shape index (κ3) is 5.42. The van der Waals surface area contributed by atoms with E-state index in [4.69, 9.17) is 11.6 Å². The van der Waals surface area contributed by atoms with Crippen molar-refractivity contribution in [3.05, 3.63) is 101 Å². The molecule has 9 heteroatoms. The molecular weight excluding hydrogens is 460 g/mol. The van der Waals surface area contributed by atoms with E-state index >= 15 is 0 Å². The molecule has 33 heavy (non-hydrogen) atoms. The SMILES string of the molecule is CC(NC(=O)c1ccc(S(=O)(=O)Nc2ccc(Cl)cc2)cc1)c1ncc(-c2ccccc2)[nH]1. The number of nitrogens with zero attached hydrogens (tertiary/aromatic N) is 1. The van der Waals surface area contributed by atoms with Crippen molar-refractivity contribution in [2.45, 2.75) is 17.9 Å². The number of anilines is 1. The van der Waals surface area contributed by atoms with E-state index in [1.165, 1.54) is 24.3 Å². The fraction of sp³-hybridized carbons (Fsp3) is 0.0833. The minimum absolute atomic E-state index is 0.0422. The largest absolute Gasteiger partial charge is 0.342 e. The molecule has 168 valence electrons. The van der Waals surface area contributed by atoms with Gasteiger partial charge in [-0.3, -0.25) is 9.52 Å². The molecule has 0 aliphatic carbocycles. The van der Waals surface area contributed by atoms with E-state index in [-0.39, 0.29) is 16.8 Å². The first-order valence-corrected chi connectivity index (χ1v) is 12.0. The van der Waals surface area contributed by atoms with E-state index in [9.17, 15) is 13.2 Å². The van der Waals surface area contributed by atoms with E-state index < -0.39 is 10.0 Å². The summed E-state index contributed by atoms with van der Waals surface area (Å²) in [5.74, 6) is 0.281. The number of hydrogen-bond acceptors (Lipinski definition) is 4. The van der Waals surface area contributed by atoms with E-state index in [1.807, 2.05) is 37.3 Å². The van der Waals surface area contributed by atoms with Crippen LogP contribution in [0.2, 0.25) is 5.02 Å². The number of H-pyrrole nitrogens is 1. The average molecular weight is 481 g/mol. The number of amides is 1. The monoisotopic (exact) mass is 480 g/mol. The number of sulfonamides is 1. The van der Waals surface area contributed by atoms with Crippen molar-refractivity contribution < 1.29 is 13.2 Å². The quantitative estimate of drug-likeness (QED) is 0.345. The summed E-state index contributed by atoms with van der Waals surface area (Å²) in [6, 6.07) is 21.4. The highest BCUT2D eigenvalue weighted by molar-refractivity contribution is 7.92. The number of halogens is 1. The molecule has 0 spiro atoms. The summed E-state index contributed by atoms with van der Waals surface area (Å²) in [4.78, 5) is 20.3. The first-order chi connectivity index (χ1) is 15.8. The molecule has 3 N–H and O–H groups in total. The first kappa shape index (κ1) is 22.6. The van der Waals surface area contributed by atoms with Crippen LogP contribution in [0, 0.1) is 0 Å². The number of benzene rings is 3. The van der Waals surface area contributed by atoms with Gasteiger partial charge in [-0.1, -0.05) is 41.9 Å². The van der Waals surface area contributed by atoms with Crippen LogP contribution in [-0.4, -0.2) is 24.3 Å². The van der Waals surface area contributed by atoms with Gasteiger partial charge < -0.3 is 10.3 Å². The molecule has 0 saturated heterocycles. The number of aromatic amines is 1. The van der Waals surface area contributed by atoms with Crippen LogP contribution in [-0.2, 0) is 10.0 Å². The Hall–Kier alpha value is -3.62. The summed E-state index contributed by atoms with van der Waals surface area (Å²) >= 11 is 5.83. The highest BCUT2D eigenvalue weighted by Crippen LogP contribution is 2.21. The van der Waals surface area contributed by atoms with Crippen LogP contribution in [0.4, 0.5) is 5.69 Å². The fourth-order valence-electron chi connectivity index (χ4n) is 3.19. The normalized spacial score (nSPS) is 12.2. The Morgan fingerprint density at radius 1 is 0.970 bits per heavy atom. The number of carbonyl (C=O) groups is 1. The second-order valence-electron chi connectivity index (χ2n) is 7.38. The van der Waals surface area contributed by atoms with Gasteiger partial charge in [0.15, 0.2) is 0 Å². The van der Waals surface area contributed by atoms with E-state index in [0.717, 1.165) is 11.3 Å². The topological polar surface area (TPSA) is 104 Å². The van der Waals surface area contributed by atoms with Crippen LogP contribution in [0.3, 0.4) is 0 Å². The minimum Gasteiger partial charge on any atom is -0.342 e. The van der Waals surface area contributed by atoms with Crippen LogP contribution in [0.5, 0.6) is 0 Å². The third-order valence-corrected chi connectivity index (χ3v) is 6.61. The van der Waals surface area contributed by atoms with Crippen molar-refractivity contribution in [1.82, 2.24) is 15.3 Å². The maximum atomic E-state index is 12.7. The summed E-state index contributed by atoms with van der Waals surface area (Å²) in [6.07, 6.45) is 1.72. The smallest absolute Gasteiger partial charge is 0.261 e. The lowest BCUT2D eigenvalue weighted by Gasteiger charge is -2.12. The molecule has 1 atom stereocenters. The van der Waals surface area contributed by atoms with E-state index in [0.29, 0.717) is 22.1 Å². The Labute approximate surface area is 196 Å². The van der Waals surface area contributed by atoms with Crippen LogP contribution in [0.1, 0.15) is 29.1 Å². The Morgan fingerprint density at radius 3 is 2.30 bits per heavy atom. The molecule has 0 bridgehead atoms. The zero-order valence-corrected chi connectivity index (χ0v) is 19.2. The maximum absolute atomic E-state index is 12.7. The van der Waals surface area contributed by atoms with Gasteiger partial charge in [-0.05, 0) is 61.0 Å². The lowest BCUT2D eigenvalue weighted by atomic mass is 10.2. The Balaban J connectivity index is 1.42. The molecule has 1 aromatic heterocycles. The van der Waals surface area contributed by atoms with Crippen molar-refractivity contribution in [3.63, 3.8) is 0 Å². The van der Waals surface area contributed by atoms with Gasteiger partial charge in [0.1, 0.15) is 5.82 Å². The molecule has 0 aliphatic rings. The van der Waals surface area contributed by atoms with E-state index in [2.05, 4.69) is 20.0 Å². The standard InChI is InChI=1S/C24H21ClN4O3S/c1-16(23-26-15-22(28-23)17-5-3-2-4-6-17)27-24(30)18-7-13-21(14-8-18)33(31,32)29-20-11-9-19(25)10-12-20/h2-16,29H,1H3,(H,26,28)(H,27,30). The summed E-state index contributed by atoms with van der Waals surface area (Å²) in [5.41, 5.74) is 2.58. The molecule has 4 aromatic rings. The number of hydrogen-bond donors (Lipinski definition) is 3. The van der Waals surface area contributed by atoms with Crippen LogP contribution < -0.4 is 10.0 Å². The molecule has 7 nitrogen and oxygen atoms in total. The Kier molecular flexibility index (Phi) is 6.48. The van der Waals surface area contributed by atoms with Crippen LogP contribution >= 0.6 is 11.6 Å². The van der Waals surface area contributed by atoms with E-state index in [1.54, 1.807) is 30.5 Å². The maximum Gasteiger partial charge on any atom is 0.261 e. The number of aromatic nitrogens is 2. The molecule has 0 radical (unpaired) electrons. The van der Waals surface area contributed by atoms with Gasteiger partial charge in [0.2, 0.25) is 0 Å². The zero-order chi connectivity index (χ0) is 23.4. The minimum atomic E-state index is -3.80. The summed E-state index contributed by atoms with van der Waals surface area (Å²) in [6.45, 7) is 1.82. The molecule has 4 rings (SSSR count). The summed E-state index contributed by atoms with van der Waals surface area (Å²) in [7, 11) is -3.80. The average Bonchev–Trinajstić information content (AvgIpc) is 3.32. The lowest BCUT2D eigenvalue weighted by molar-refractivity contribution is 0.0938. The number of carbonyl (C=O) groups excluding carboxylic acids is 1. The molecule has 0 fully saturated rings. The number of rotatable bonds is 7. The molecular formula is C24H21ClN4O3S. The number of imidazole rings is 1. The number of nitrogens with one attached hydrogen (secondary N) is 3. The highest BCUT2D eigenvalue weighted by atomic mass is 35.5. The van der Waals surface area contributed by atoms with Gasteiger partial charge in [-0.25, -0.2) is 13.4 Å². The highest BCUT2D eigenvalue weighted by Gasteiger charge is 2.17. The molecule has 0 aliphatic heterocycles.